The normalized spacial score (nSPS) is 11.2. The third-order valence-electron chi connectivity index (χ3n) is 3.09. The number of rotatable bonds is 9. The zero-order valence-electron chi connectivity index (χ0n) is 13.8. The molecule has 0 atom stereocenters. The van der Waals surface area contributed by atoms with Gasteiger partial charge in [0, 0.05) is 6.07 Å². The number of unbranched alkanes of at least 4 members (excludes halogenated alkanes) is 4. The molecule has 5 nitrogen and oxygen atoms in total. The van der Waals surface area contributed by atoms with Gasteiger partial charge >= 0.3 is 12.5 Å². The van der Waals surface area contributed by atoms with Crippen LogP contribution in [-0.2, 0) is 9.57 Å². The summed E-state index contributed by atoms with van der Waals surface area (Å²) in [7, 11) is 1.16. The number of hydroxylamine groups is 1. The lowest BCUT2D eigenvalue weighted by atomic mass is 10.2. The highest BCUT2D eigenvalue weighted by Crippen LogP contribution is 2.27. The van der Waals surface area contributed by atoms with Crippen molar-refractivity contribution in [2.75, 3.05) is 18.8 Å². The third-order valence-corrected chi connectivity index (χ3v) is 3.09. The zero-order chi connectivity index (χ0) is 18.0. The van der Waals surface area contributed by atoms with Crippen molar-refractivity contribution in [2.24, 2.45) is 0 Å². The third kappa shape index (κ3) is 7.54. The number of ether oxygens (including phenoxy) is 2. The van der Waals surface area contributed by atoms with E-state index in [4.69, 9.17) is 4.84 Å². The molecule has 0 saturated carbocycles. The maximum atomic E-state index is 12.3. The summed E-state index contributed by atoms with van der Waals surface area (Å²) in [5.41, 5.74) is 0.0946. The molecule has 0 aliphatic rings. The van der Waals surface area contributed by atoms with Gasteiger partial charge in [-0.3, -0.25) is 4.84 Å². The molecule has 0 heterocycles. The predicted molar refractivity (Wildman–Crippen MR) is 82.7 cm³/mol. The number of methoxy groups -OCH3 is 1. The predicted octanol–water partition coefficient (Wildman–Crippen LogP) is 5.06. The molecule has 136 valence electrons. The molecule has 0 spiro atoms. The summed E-state index contributed by atoms with van der Waals surface area (Å²) in [5.74, 6) is -0.444. The fourth-order valence-electron chi connectivity index (χ4n) is 1.98. The molecule has 0 aliphatic heterocycles. The van der Waals surface area contributed by atoms with E-state index in [2.05, 4.69) is 16.4 Å². The number of carbonyl (C=O) groups excluding carboxylic acids is 1. The van der Waals surface area contributed by atoms with Gasteiger partial charge in [-0.05, 0) is 18.6 Å². The van der Waals surface area contributed by atoms with Gasteiger partial charge < -0.3 is 9.47 Å². The Labute approximate surface area is 139 Å². The van der Waals surface area contributed by atoms with E-state index < -0.39 is 18.2 Å². The average Bonchev–Trinajstić information content (AvgIpc) is 2.52. The van der Waals surface area contributed by atoms with Crippen molar-refractivity contribution < 1.29 is 32.3 Å². The smallest absolute Gasteiger partial charge is 0.451 e. The molecule has 0 aromatic heterocycles. The Balaban J connectivity index is 2.70. The second-order valence-electron chi connectivity index (χ2n) is 5.06. The van der Waals surface area contributed by atoms with Gasteiger partial charge in [-0.1, -0.05) is 38.7 Å². The highest BCUT2D eigenvalue weighted by Gasteiger charge is 2.31. The van der Waals surface area contributed by atoms with E-state index in [0.29, 0.717) is 0 Å². The summed E-state index contributed by atoms with van der Waals surface area (Å²) < 4.78 is 45.3. The Hall–Kier alpha value is -1.96. The summed E-state index contributed by atoms with van der Waals surface area (Å²) in [6.45, 7) is 2.36. The van der Waals surface area contributed by atoms with Crippen LogP contribution < -0.4 is 9.80 Å². The lowest BCUT2D eigenvalue weighted by Crippen LogP contribution is -2.31. The van der Waals surface area contributed by atoms with Gasteiger partial charge in [-0.15, -0.1) is 13.2 Å². The molecular formula is C16H22F3NO4. The molecule has 1 rings (SSSR count). The van der Waals surface area contributed by atoms with Crippen molar-refractivity contribution in [3.8, 4) is 5.75 Å². The molecule has 1 aromatic rings. The Morgan fingerprint density at radius 2 is 1.88 bits per heavy atom. The maximum absolute atomic E-state index is 12.3. The van der Waals surface area contributed by atoms with Crippen LogP contribution in [-0.4, -0.2) is 26.2 Å². The highest BCUT2D eigenvalue weighted by atomic mass is 19.4. The second kappa shape index (κ2) is 10.0. The van der Waals surface area contributed by atoms with E-state index in [0.717, 1.165) is 56.4 Å². The minimum absolute atomic E-state index is 0.0946. The number of alkyl halides is 3. The standard InChI is InChI=1S/C16H22F3NO4/c1-3-4-5-6-7-11-23-20(15(21)22-2)13-9-8-10-14(12-13)24-16(17,18)19/h8-10,12H,3-7,11H2,1-2H3. The average molecular weight is 349 g/mol. The van der Waals surface area contributed by atoms with E-state index in [1.165, 1.54) is 12.1 Å². The topological polar surface area (TPSA) is 48.0 Å². The van der Waals surface area contributed by atoms with E-state index >= 15 is 0 Å². The summed E-state index contributed by atoms with van der Waals surface area (Å²) in [6, 6.07) is 4.95. The van der Waals surface area contributed by atoms with E-state index in [-0.39, 0.29) is 12.3 Å². The van der Waals surface area contributed by atoms with Crippen LogP contribution in [0.1, 0.15) is 39.0 Å². The monoisotopic (exact) mass is 349 g/mol. The minimum atomic E-state index is -4.81. The Morgan fingerprint density at radius 1 is 1.17 bits per heavy atom. The lowest BCUT2D eigenvalue weighted by Gasteiger charge is -2.21. The molecule has 1 aromatic carbocycles. The van der Waals surface area contributed by atoms with Gasteiger partial charge in [0.15, 0.2) is 0 Å². The number of halogens is 3. The number of carbonyl (C=O) groups is 1. The first kappa shape index (κ1) is 20.1. The molecule has 0 unspecified atom stereocenters. The SMILES string of the molecule is CCCCCCCON(C(=O)OC)c1cccc(OC(F)(F)F)c1. The molecule has 0 radical (unpaired) electrons. The minimum Gasteiger partial charge on any atom is -0.451 e. The van der Waals surface area contributed by atoms with Gasteiger partial charge in [0.05, 0.1) is 19.4 Å². The zero-order valence-corrected chi connectivity index (χ0v) is 13.8. The molecule has 0 N–H and O–H groups in total. The number of nitrogens with zero attached hydrogens (tertiary/aromatic N) is 1. The van der Waals surface area contributed by atoms with Crippen molar-refractivity contribution >= 4 is 11.8 Å². The van der Waals surface area contributed by atoms with Crippen molar-refractivity contribution in [3.05, 3.63) is 24.3 Å². The number of hydrogen-bond acceptors (Lipinski definition) is 4. The fourth-order valence-corrected chi connectivity index (χ4v) is 1.98. The largest absolute Gasteiger partial charge is 0.573 e. The highest BCUT2D eigenvalue weighted by molar-refractivity contribution is 5.85. The van der Waals surface area contributed by atoms with Crippen LogP contribution >= 0.6 is 0 Å². The molecule has 0 saturated heterocycles. The summed E-state index contributed by atoms with van der Waals surface area (Å²) in [5, 5.41) is 0.822. The summed E-state index contributed by atoms with van der Waals surface area (Å²) >= 11 is 0. The van der Waals surface area contributed by atoms with Gasteiger partial charge in [0.25, 0.3) is 0 Å². The van der Waals surface area contributed by atoms with E-state index in [1.807, 2.05) is 0 Å². The molecule has 8 heteroatoms. The van der Waals surface area contributed by atoms with Crippen LogP contribution in [0, 0.1) is 0 Å². The molecule has 0 aliphatic carbocycles. The molecule has 0 fully saturated rings. The fraction of sp³-hybridized carbons (Fsp3) is 0.562. The summed E-state index contributed by atoms with van der Waals surface area (Å²) in [6.07, 6.45) is -0.667. The first-order valence-electron chi connectivity index (χ1n) is 7.74. The van der Waals surface area contributed by atoms with E-state index in [1.54, 1.807) is 0 Å². The van der Waals surface area contributed by atoms with Crippen molar-refractivity contribution in [1.29, 1.82) is 0 Å². The number of amides is 1. The van der Waals surface area contributed by atoms with Crippen LogP contribution in [0.25, 0.3) is 0 Å². The van der Waals surface area contributed by atoms with Crippen molar-refractivity contribution in [1.82, 2.24) is 0 Å². The van der Waals surface area contributed by atoms with Crippen molar-refractivity contribution in [3.63, 3.8) is 0 Å². The Kier molecular flexibility index (Phi) is 8.39. The van der Waals surface area contributed by atoms with Gasteiger partial charge in [-0.2, -0.15) is 5.06 Å². The molecule has 24 heavy (non-hydrogen) atoms. The maximum Gasteiger partial charge on any atom is 0.573 e. The second-order valence-corrected chi connectivity index (χ2v) is 5.06. The number of anilines is 1. The van der Waals surface area contributed by atoms with Crippen LogP contribution in [0.4, 0.5) is 23.7 Å². The van der Waals surface area contributed by atoms with Crippen LogP contribution in [0.5, 0.6) is 5.75 Å². The van der Waals surface area contributed by atoms with Crippen LogP contribution in [0.3, 0.4) is 0 Å². The number of hydrogen-bond donors (Lipinski definition) is 0. The first-order valence-corrected chi connectivity index (χ1v) is 7.74. The molecular weight excluding hydrogens is 327 g/mol. The van der Waals surface area contributed by atoms with Crippen LogP contribution in [0.15, 0.2) is 24.3 Å². The van der Waals surface area contributed by atoms with Crippen molar-refractivity contribution in [2.45, 2.75) is 45.4 Å². The molecule has 0 bridgehead atoms. The Bertz CT molecular complexity index is 508. The van der Waals surface area contributed by atoms with Crippen LogP contribution in [0.2, 0.25) is 0 Å². The van der Waals surface area contributed by atoms with Gasteiger partial charge in [0.2, 0.25) is 0 Å². The first-order chi connectivity index (χ1) is 11.4. The summed E-state index contributed by atoms with van der Waals surface area (Å²) in [4.78, 5) is 17.2. The quantitative estimate of drug-likeness (QED) is 0.462. The van der Waals surface area contributed by atoms with Gasteiger partial charge in [0.1, 0.15) is 5.75 Å². The molecule has 1 amide bonds. The van der Waals surface area contributed by atoms with Gasteiger partial charge in [-0.25, -0.2) is 4.79 Å². The van der Waals surface area contributed by atoms with E-state index in [9.17, 15) is 18.0 Å². The lowest BCUT2D eigenvalue weighted by molar-refractivity contribution is -0.274. The number of benzene rings is 1. The Morgan fingerprint density at radius 3 is 2.50 bits per heavy atom.